The van der Waals surface area contributed by atoms with E-state index in [1.54, 1.807) is 0 Å². The number of nitrogens with two attached hydrogens (primary N) is 1. The predicted molar refractivity (Wildman–Crippen MR) is 44.1 cm³/mol. The third-order valence-corrected chi connectivity index (χ3v) is 2.69. The van der Waals surface area contributed by atoms with Gasteiger partial charge in [0.15, 0.2) is 0 Å². The van der Waals surface area contributed by atoms with Gasteiger partial charge in [-0.3, -0.25) is 4.90 Å². The summed E-state index contributed by atoms with van der Waals surface area (Å²) in [4.78, 5) is 2.40. The molecule has 3 heterocycles. The molecular weight excluding hydrogens is 148 g/mol. The van der Waals surface area contributed by atoms with Crippen LogP contribution in [0, 0.1) is 5.92 Å². The van der Waals surface area contributed by atoms with Gasteiger partial charge in [0.1, 0.15) is 0 Å². The first-order chi connectivity index (χ1) is 4.36. The molecule has 3 fully saturated rings. The van der Waals surface area contributed by atoms with Crippen molar-refractivity contribution in [2.45, 2.75) is 25.4 Å². The Morgan fingerprint density at radius 2 is 1.80 bits per heavy atom. The third-order valence-electron chi connectivity index (χ3n) is 2.69. The molecule has 0 saturated carbocycles. The van der Waals surface area contributed by atoms with Crippen molar-refractivity contribution in [2.75, 3.05) is 13.1 Å². The molecule has 0 aromatic carbocycles. The lowest BCUT2D eigenvalue weighted by atomic mass is 9.87. The maximum Gasteiger partial charge on any atom is 0.0574 e. The number of hydrogen-bond acceptors (Lipinski definition) is 2. The molecule has 0 aromatic rings. The Labute approximate surface area is 68.2 Å². The zero-order valence-corrected chi connectivity index (χ0v) is 6.94. The highest BCUT2D eigenvalue weighted by molar-refractivity contribution is 5.85. The number of nitrogens with zero attached hydrogens (tertiary/aromatic N) is 1. The SMILES string of the molecule is Cl.NC1CC2CCN1CC2. The minimum Gasteiger partial charge on any atom is -0.316 e. The smallest absolute Gasteiger partial charge is 0.0574 e. The Hall–Kier alpha value is 0.210. The van der Waals surface area contributed by atoms with Crippen molar-refractivity contribution >= 4 is 12.4 Å². The minimum absolute atomic E-state index is 0. The van der Waals surface area contributed by atoms with Crippen molar-refractivity contribution in [1.29, 1.82) is 0 Å². The van der Waals surface area contributed by atoms with Crippen LogP contribution in [0.1, 0.15) is 19.3 Å². The number of rotatable bonds is 0. The fourth-order valence-electron chi connectivity index (χ4n) is 2.01. The van der Waals surface area contributed by atoms with E-state index in [1.165, 1.54) is 32.4 Å². The first-order valence-corrected chi connectivity index (χ1v) is 3.86. The molecule has 0 amide bonds. The van der Waals surface area contributed by atoms with Crippen molar-refractivity contribution in [2.24, 2.45) is 11.7 Å². The highest BCUT2D eigenvalue weighted by atomic mass is 35.5. The summed E-state index contributed by atoms with van der Waals surface area (Å²) in [5, 5.41) is 0. The van der Waals surface area contributed by atoms with E-state index in [2.05, 4.69) is 4.90 Å². The van der Waals surface area contributed by atoms with Gasteiger partial charge in [-0.1, -0.05) is 0 Å². The highest BCUT2D eigenvalue weighted by Crippen LogP contribution is 2.29. The lowest BCUT2D eigenvalue weighted by Crippen LogP contribution is -2.52. The van der Waals surface area contributed by atoms with Gasteiger partial charge in [-0.15, -0.1) is 12.4 Å². The Morgan fingerprint density at radius 3 is 2.00 bits per heavy atom. The fourth-order valence-corrected chi connectivity index (χ4v) is 2.01. The van der Waals surface area contributed by atoms with E-state index in [-0.39, 0.29) is 12.4 Å². The van der Waals surface area contributed by atoms with Crippen molar-refractivity contribution < 1.29 is 0 Å². The number of fused-ring (bicyclic) bond motifs is 3. The molecule has 0 radical (unpaired) electrons. The summed E-state index contributed by atoms with van der Waals surface area (Å²) >= 11 is 0. The number of hydrogen-bond donors (Lipinski definition) is 1. The lowest BCUT2D eigenvalue weighted by Gasteiger charge is -2.43. The molecule has 0 aromatic heterocycles. The van der Waals surface area contributed by atoms with E-state index in [9.17, 15) is 0 Å². The monoisotopic (exact) mass is 162 g/mol. The van der Waals surface area contributed by atoms with Gasteiger partial charge in [-0.05, 0) is 38.3 Å². The molecule has 60 valence electrons. The average Bonchev–Trinajstić information content (AvgIpc) is 1.90. The van der Waals surface area contributed by atoms with Crippen LogP contribution in [0.15, 0.2) is 0 Å². The normalized spacial score (nSPS) is 44.7. The molecule has 3 aliphatic heterocycles. The fraction of sp³-hybridized carbons (Fsp3) is 1.00. The van der Waals surface area contributed by atoms with Crippen molar-refractivity contribution in [3.05, 3.63) is 0 Å². The van der Waals surface area contributed by atoms with E-state index in [1.807, 2.05) is 0 Å². The van der Waals surface area contributed by atoms with Crippen LogP contribution in [0.4, 0.5) is 0 Å². The largest absolute Gasteiger partial charge is 0.316 e. The van der Waals surface area contributed by atoms with E-state index in [0.29, 0.717) is 6.17 Å². The van der Waals surface area contributed by atoms with Crippen LogP contribution in [0.25, 0.3) is 0 Å². The van der Waals surface area contributed by atoms with Gasteiger partial charge < -0.3 is 5.73 Å². The lowest BCUT2D eigenvalue weighted by molar-refractivity contribution is 0.0531. The zero-order valence-electron chi connectivity index (χ0n) is 6.12. The van der Waals surface area contributed by atoms with Crippen LogP contribution in [-0.2, 0) is 0 Å². The van der Waals surface area contributed by atoms with E-state index in [4.69, 9.17) is 5.73 Å². The van der Waals surface area contributed by atoms with E-state index in [0.717, 1.165) is 5.92 Å². The van der Waals surface area contributed by atoms with Crippen LogP contribution in [0.2, 0.25) is 0 Å². The molecule has 0 aliphatic carbocycles. The molecule has 0 spiro atoms. The standard InChI is InChI=1S/C7H14N2.ClH/c8-7-5-6-1-3-9(7)4-2-6;/h6-7H,1-5,8H2;1H. The maximum atomic E-state index is 5.85. The molecule has 1 atom stereocenters. The second-order valence-corrected chi connectivity index (χ2v) is 3.28. The van der Waals surface area contributed by atoms with Gasteiger partial charge in [0.05, 0.1) is 6.17 Å². The summed E-state index contributed by atoms with van der Waals surface area (Å²) in [6.45, 7) is 2.51. The summed E-state index contributed by atoms with van der Waals surface area (Å²) in [6.07, 6.45) is 4.44. The summed E-state index contributed by atoms with van der Waals surface area (Å²) in [6, 6.07) is 0. The first-order valence-electron chi connectivity index (χ1n) is 3.86. The average molecular weight is 163 g/mol. The van der Waals surface area contributed by atoms with Crippen molar-refractivity contribution in [3.63, 3.8) is 0 Å². The number of halogens is 1. The molecule has 3 heteroatoms. The topological polar surface area (TPSA) is 29.3 Å². The summed E-state index contributed by atoms with van der Waals surface area (Å²) in [5.74, 6) is 0.963. The second kappa shape index (κ2) is 3.07. The molecule has 2 bridgehead atoms. The quantitative estimate of drug-likeness (QED) is 0.571. The molecule has 2 N–H and O–H groups in total. The summed E-state index contributed by atoms with van der Waals surface area (Å²) in [5.41, 5.74) is 5.85. The summed E-state index contributed by atoms with van der Waals surface area (Å²) in [7, 11) is 0. The van der Waals surface area contributed by atoms with E-state index >= 15 is 0 Å². The van der Waals surface area contributed by atoms with Gasteiger partial charge in [0.25, 0.3) is 0 Å². The van der Waals surface area contributed by atoms with E-state index < -0.39 is 0 Å². The Morgan fingerprint density at radius 1 is 1.20 bits per heavy atom. The van der Waals surface area contributed by atoms with Crippen molar-refractivity contribution in [1.82, 2.24) is 4.90 Å². The minimum atomic E-state index is 0. The Kier molecular flexibility index (Phi) is 2.55. The van der Waals surface area contributed by atoms with Gasteiger partial charge in [-0.25, -0.2) is 0 Å². The molecule has 3 saturated heterocycles. The molecule has 1 unspecified atom stereocenters. The Bertz CT molecular complexity index is 110. The summed E-state index contributed by atoms with van der Waals surface area (Å²) < 4.78 is 0. The van der Waals surface area contributed by atoms with Crippen LogP contribution in [-0.4, -0.2) is 24.2 Å². The van der Waals surface area contributed by atoms with Crippen LogP contribution < -0.4 is 5.73 Å². The predicted octanol–water partition coefficient (Wildman–Crippen LogP) is 0.809. The molecule has 3 rings (SSSR count). The third kappa shape index (κ3) is 1.29. The molecule has 2 nitrogen and oxygen atoms in total. The molecular formula is C7H15ClN2. The number of piperidine rings is 3. The van der Waals surface area contributed by atoms with Crippen LogP contribution >= 0.6 is 12.4 Å². The zero-order chi connectivity index (χ0) is 6.27. The van der Waals surface area contributed by atoms with Crippen LogP contribution in [0.3, 0.4) is 0 Å². The molecule has 10 heavy (non-hydrogen) atoms. The second-order valence-electron chi connectivity index (χ2n) is 3.28. The van der Waals surface area contributed by atoms with Crippen LogP contribution in [0.5, 0.6) is 0 Å². The maximum absolute atomic E-state index is 5.85. The highest BCUT2D eigenvalue weighted by Gasteiger charge is 2.30. The van der Waals surface area contributed by atoms with Gasteiger partial charge in [0, 0.05) is 0 Å². The molecule has 3 aliphatic rings. The van der Waals surface area contributed by atoms with Gasteiger partial charge >= 0.3 is 0 Å². The van der Waals surface area contributed by atoms with Gasteiger partial charge in [0.2, 0.25) is 0 Å². The Balaban J connectivity index is 0.000000500. The van der Waals surface area contributed by atoms with Crippen molar-refractivity contribution in [3.8, 4) is 0 Å². The van der Waals surface area contributed by atoms with Gasteiger partial charge in [-0.2, -0.15) is 0 Å². The first kappa shape index (κ1) is 8.31.